The van der Waals surface area contributed by atoms with E-state index in [9.17, 15) is 13.2 Å². The van der Waals surface area contributed by atoms with Crippen molar-refractivity contribution >= 4 is 11.9 Å². The molecule has 1 aliphatic rings. The molecule has 1 heterocycles. The Morgan fingerprint density at radius 2 is 2.22 bits per heavy atom. The monoisotopic (exact) mass is 154 g/mol. The van der Waals surface area contributed by atoms with Gasteiger partial charge in [0.1, 0.15) is 6.04 Å². The van der Waals surface area contributed by atoms with Gasteiger partial charge in [0, 0.05) is 0 Å². The van der Waals surface area contributed by atoms with Gasteiger partial charge in [-0.15, -0.1) is 0 Å². The van der Waals surface area contributed by atoms with E-state index >= 15 is 0 Å². The summed E-state index contributed by atoms with van der Waals surface area (Å²) in [4.78, 5) is 0. The summed E-state index contributed by atoms with van der Waals surface area (Å²) in [6.07, 6.45) is -2.10. The van der Waals surface area contributed by atoms with Gasteiger partial charge in [0.15, 0.2) is 0 Å². The summed E-state index contributed by atoms with van der Waals surface area (Å²) in [5, 5.41) is 1.26. The molecular formula is C4H3F3NS. The molecule has 0 aliphatic carbocycles. The Bertz CT molecular complexity index is 130. The van der Waals surface area contributed by atoms with Gasteiger partial charge >= 0.3 is 6.18 Å². The molecule has 0 aromatic rings. The smallest absolute Gasteiger partial charge is 0.244 e. The standard InChI is InChI=1S/C4H3F3NS/c5-4(6,7)3-1-2-9-8-3/h2-3,8H. The normalized spacial score (nSPS) is 27.2. The SMILES string of the molecule is FC(F)(F)C1[C]=CSN1. The molecule has 0 aromatic carbocycles. The third-order valence-electron chi connectivity index (χ3n) is 0.807. The van der Waals surface area contributed by atoms with Crippen LogP contribution in [0.25, 0.3) is 0 Å². The van der Waals surface area contributed by atoms with E-state index < -0.39 is 12.2 Å². The highest BCUT2D eigenvalue weighted by atomic mass is 32.2. The van der Waals surface area contributed by atoms with Crippen LogP contribution in [0.5, 0.6) is 0 Å². The molecule has 1 nitrogen and oxygen atoms in total. The fourth-order valence-electron chi connectivity index (χ4n) is 0.399. The first-order valence-electron chi connectivity index (χ1n) is 2.16. The Morgan fingerprint density at radius 3 is 2.44 bits per heavy atom. The molecule has 5 heteroatoms. The maximum atomic E-state index is 11.6. The highest BCUT2D eigenvalue weighted by Crippen LogP contribution is 2.25. The number of halogens is 3. The molecule has 1 radical (unpaired) electrons. The fraction of sp³-hybridized carbons (Fsp3) is 0.500. The minimum Gasteiger partial charge on any atom is -0.244 e. The second-order valence-corrected chi connectivity index (χ2v) is 2.20. The van der Waals surface area contributed by atoms with Gasteiger partial charge in [-0.1, -0.05) is 11.9 Å². The van der Waals surface area contributed by atoms with Gasteiger partial charge in [-0.25, -0.2) is 4.72 Å². The van der Waals surface area contributed by atoms with E-state index in [0.717, 1.165) is 11.9 Å². The lowest BCUT2D eigenvalue weighted by atomic mass is 10.3. The van der Waals surface area contributed by atoms with Crippen molar-refractivity contribution in [3.05, 3.63) is 11.5 Å². The fourth-order valence-corrected chi connectivity index (χ4v) is 1.01. The average Bonchev–Trinajstić information content (AvgIpc) is 2.08. The summed E-state index contributed by atoms with van der Waals surface area (Å²) in [5.74, 6) is 0. The van der Waals surface area contributed by atoms with E-state index in [4.69, 9.17) is 0 Å². The molecule has 1 atom stereocenters. The van der Waals surface area contributed by atoms with Crippen LogP contribution >= 0.6 is 11.9 Å². The lowest BCUT2D eigenvalue weighted by molar-refractivity contribution is -0.140. The molecule has 9 heavy (non-hydrogen) atoms. The van der Waals surface area contributed by atoms with Crippen LogP contribution in [0.15, 0.2) is 5.41 Å². The van der Waals surface area contributed by atoms with Crippen molar-refractivity contribution in [3.63, 3.8) is 0 Å². The Balaban J connectivity index is 2.53. The van der Waals surface area contributed by atoms with Crippen molar-refractivity contribution in [3.8, 4) is 0 Å². The van der Waals surface area contributed by atoms with Crippen LogP contribution in [0.4, 0.5) is 13.2 Å². The first-order chi connectivity index (χ1) is 4.11. The van der Waals surface area contributed by atoms with Gasteiger partial charge in [-0.3, -0.25) is 0 Å². The molecule has 0 saturated heterocycles. The van der Waals surface area contributed by atoms with Crippen LogP contribution in [0.1, 0.15) is 0 Å². The summed E-state index contributed by atoms with van der Waals surface area (Å²) in [6, 6.07) is -1.58. The Morgan fingerprint density at radius 1 is 1.56 bits per heavy atom. The Kier molecular flexibility index (Phi) is 1.72. The van der Waals surface area contributed by atoms with Crippen molar-refractivity contribution < 1.29 is 13.2 Å². The summed E-state index contributed by atoms with van der Waals surface area (Å²) in [6.45, 7) is 0. The number of hydrogen-bond donors (Lipinski definition) is 1. The van der Waals surface area contributed by atoms with Crippen LogP contribution in [0.2, 0.25) is 0 Å². The zero-order valence-corrected chi connectivity index (χ0v) is 5.01. The number of hydrogen-bond acceptors (Lipinski definition) is 2. The van der Waals surface area contributed by atoms with Gasteiger partial charge in [-0.2, -0.15) is 13.2 Å². The Hall–Kier alpha value is -0.160. The third kappa shape index (κ3) is 1.62. The molecule has 0 aromatic heterocycles. The molecule has 0 fully saturated rings. The molecule has 0 amide bonds. The molecule has 51 valence electrons. The predicted octanol–water partition coefficient (Wildman–Crippen LogP) is 1.49. The van der Waals surface area contributed by atoms with Gasteiger partial charge in [0.25, 0.3) is 0 Å². The quantitative estimate of drug-likeness (QED) is 0.530. The highest BCUT2D eigenvalue weighted by Gasteiger charge is 2.39. The van der Waals surface area contributed by atoms with Crippen LogP contribution in [-0.2, 0) is 0 Å². The van der Waals surface area contributed by atoms with E-state index in [1.165, 1.54) is 5.41 Å². The zero-order valence-electron chi connectivity index (χ0n) is 4.20. The molecule has 0 saturated carbocycles. The minimum atomic E-state index is -4.19. The number of nitrogens with one attached hydrogen (secondary N) is 1. The molecule has 0 bridgehead atoms. The largest absolute Gasteiger partial charge is 0.408 e. The lowest BCUT2D eigenvalue weighted by Gasteiger charge is -2.10. The summed E-state index contributed by atoms with van der Waals surface area (Å²) >= 11 is 0.903. The number of rotatable bonds is 0. The Labute approximate surface area is 54.4 Å². The van der Waals surface area contributed by atoms with Crippen LogP contribution in [0.3, 0.4) is 0 Å². The topological polar surface area (TPSA) is 12.0 Å². The number of alkyl halides is 3. The molecule has 0 spiro atoms. The molecule has 1 aliphatic heterocycles. The van der Waals surface area contributed by atoms with Crippen LogP contribution < -0.4 is 4.72 Å². The maximum Gasteiger partial charge on any atom is 0.408 e. The summed E-state index contributed by atoms with van der Waals surface area (Å²) in [5.41, 5.74) is 0. The molecular weight excluding hydrogens is 151 g/mol. The predicted molar refractivity (Wildman–Crippen MR) is 28.4 cm³/mol. The highest BCUT2D eigenvalue weighted by molar-refractivity contribution is 8.00. The first kappa shape index (κ1) is 6.95. The lowest BCUT2D eigenvalue weighted by Crippen LogP contribution is -2.34. The summed E-state index contributed by atoms with van der Waals surface area (Å²) in [7, 11) is 0. The second-order valence-electron chi connectivity index (χ2n) is 1.49. The first-order valence-corrected chi connectivity index (χ1v) is 3.04. The molecule has 1 rings (SSSR count). The van der Waals surface area contributed by atoms with Gasteiger partial charge in [0.2, 0.25) is 0 Å². The van der Waals surface area contributed by atoms with E-state index in [1.807, 2.05) is 0 Å². The van der Waals surface area contributed by atoms with Crippen molar-refractivity contribution in [2.24, 2.45) is 0 Å². The maximum absolute atomic E-state index is 11.6. The van der Waals surface area contributed by atoms with Crippen molar-refractivity contribution in [2.75, 3.05) is 0 Å². The van der Waals surface area contributed by atoms with E-state index in [2.05, 4.69) is 10.8 Å². The summed E-state index contributed by atoms with van der Waals surface area (Å²) < 4.78 is 36.9. The van der Waals surface area contributed by atoms with Crippen molar-refractivity contribution in [1.29, 1.82) is 0 Å². The molecule has 1 unspecified atom stereocenters. The van der Waals surface area contributed by atoms with Crippen LogP contribution in [-0.4, -0.2) is 12.2 Å². The van der Waals surface area contributed by atoms with E-state index in [1.54, 1.807) is 0 Å². The van der Waals surface area contributed by atoms with Crippen LogP contribution in [0, 0.1) is 6.08 Å². The van der Waals surface area contributed by atoms with Gasteiger partial charge < -0.3 is 0 Å². The average molecular weight is 154 g/mol. The van der Waals surface area contributed by atoms with Gasteiger partial charge in [0.05, 0.1) is 0 Å². The van der Waals surface area contributed by atoms with Crippen molar-refractivity contribution in [1.82, 2.24) is 4.72 Å². The van der Waals surface area contributed by atoms with Crippen molar-refractivity contribution in [2.45, 2.75) is 12.2 Å². The molecule has 1 N–H and O–H groups in total. The van der Waals surface area contributed by atoms with E-state index in [0.29, 0.717) is 0 Å². The van der Waals surface area contributed by atoms with Gasteiger partial charge in [-0.05, 0) is 11.5 Å². The third-order valence-corrected chi connectivity index (χ3v) is 1.43. The van der Waals surface area contributed by atoms with E-state index in [-0.39, 0.29) is 0 Å². The minimum absolute atomic E-state index is 0.903. The second kappa shape index (κ2) is 2.22. The zero-order chi connectivity index (χ0) is 6.91.